The van der Waals surface area contributed by atoms with Gasteiger partial charge in [-0.1, -0.05) is 33.8 Å². The second-order valence-electron chi connectivity index (χ2n) is 7.94. The zero-order valence-electron chi connectivity index (χ0n) is 15.3. The first-order valence-electron chi connectivity index (χ1n) is 8.83. The third-order valence-electron chi connectivity index (χ3n) is 4.71. The fourth-order valence-electron chi connectivity index (χ4n) is 2.72. The SMILES string of the molecule is CC1CCN(c2cccc(NC(=O)NCC(O)C(C)(C)C)c2)CC1. The number of amides is 2. The van der Waals surface area contributed by atoms with Gasteiger partial charge in [-0.15, -0.1) is 0 Å². The topological polar surface area (TPSA) is 64.6 Å². The fourth-order valence-corrected chi connectivity index (χ4v) is 2.72. The number of aliphatic hydroxyl groups is 1. The summed E-state index contributed by atoms with van der Waals surface area (Å²) < 4.78 is 0. The van der Waals surface area contributed by atoms with Crippen LogP contribution in [-0.2, 0) is 0 Å². The highest BCUT2D eigenvalue weighted by atomic mass is 16.3. The van der Waals surface area contributed by atoms with Crippen LogP contribution in [0.3, 0.4) is 0 Å². The number of nitrogens with zero attached hydrogens (tertiary/aromatic N) is 1. The molecule has 24 heavy (non-hydrogen) atoms. The molecule has 1 fully saturated rings. The molecule has 1 heterocycles. The summed E-state index contributed by atoms with van der Waals surface area (Å²) in [6, 6.07) is 7.66. The van der Waals surface area contributed by atoms with E-state index in [0.29, 0.717) is 0 Å². The molecule has 0 saturated carbocycles. The molecule has 0 spiro atoms. The summed E-state index contributed by atoms with van der Waals surface area (Å²) >= 11 is 0. The molecular weight excluding hydrogens is 302 g/mol. The molecule has 0 radical (unpaired) electrons. The van der Waals surface area contributed by atoms with Crippen molar-refractivity contribution in [2.75, 3.05) is 29.9 Å². The van der Waals surface area contributed by atoms with E-state index in [1.807, 2.05) is 39.0 Å². The highest BCUT2D eigenvalue weighted by Gasteiger charge is 2.22. The van der Waals surface area contributed by atoms with Gasteiger partial charge in [0.15, 0.2) is 0 Å². The molecule has 1 saturated heterocycles. The Morgan fingerprint density at radius 2 is 2.00 bits per heavy atom. The molecule has 0 bridgehead atoms. The van der Waals surface area contributed by atoms with Crippen molar-refractivity contribution in [1.29, 1.82) is 0 Å². The van der Waals surface area contributed by atoms with Gasteiger partial charge in [-0.2, -0.15) is 0 Å². The van der Waals surface area contributed by atoms with Crippen molar-refractivity contribution in [2.24, 2.45) is 11.3 Å². The molecular formula is C19H31N3O2. The minimum absolute atomic E-state index is 0.235. The largest absolute Gasteiger partial charge is 0.391 e. The van der Waals surface area contributed by atoms with Crippen LogP contribution in [0, 0.1) is 11.3 Å². The summed E-state index contributed by atoms with van der Waals surface area (Å²) in [5.41, 5.74) is 1.67. The molecule has 1 aromatic carbocycles. The van der Waals surface area contributed by atoms with Crippen molar-refractivity contribution in [1.82, 2.24) is 5.32 Å². The Balaban J connectivity index is 1.88. The number of aliphatic hydroxyl groups excluding tert-OH is 1. The Bertz CT molecular complexity index is 546. The zero-order valence-corrected chi connectivity index (χ0v) is 15.3. The number of urea groups is 1. The van der Waals surface area contributed by atoms with Gasteiger partial charge in [0.25, 0.3) is 0 Å². The number of hydrogen-bond acceptors (Lipinski definition) is 3. The van der Waals surface area contributed by atoms with Crippen LogP contribution >= 0.6 is 0 Å². The van der Waals surface area contributed by atoms with Gasteiger partial charge in [0.1, 0.15) is 0 Å². The second kappa shape index (κ2) is 7.88. The van der Waals surface area contributed by atoms with Crippen LogP contribution in [0.4, 0.5) is 16.2 Å². The molecule has 5 heteroatoms. The van der Waals surface area contributed by atoms with E-state index in [0.717, 1.165) is 30.4 Å². The molecule has 3 N–H and O–H groups in total. The van der Waals surface area contributed by atoms with Crippen molar-refractivity contribution in [3.05, 3.63) is 24.3 Å². The Hall–Kier alpha value is -1.75. The van der Waals surface area contributed by atoms with Crippen LogP contribution in [0.15, 0.2) is 24.3 Å². The molecule has 1 atom stereocenters. The first kappa shape index (κ1) is 18.6. The van der Waals surface area contributed by atoms with Crippen molar-refractivity contribution in [3.63, 3.8) is 0 Å². The Labute approximate surface area is 145 Å². The standard InChI is InChI=1S/C19H31N3O2/c1-14-8-10-22(11-9-14)16-7-5-6-15(12-16)21-18(24)20-13-17(23)19(2,3)4/h5-7,12,14,17,23H,8-11,13H2,1-4H3,(H2,20,21,24). The van der Waals surface area contributed by atoms with Gasteiger partial charge in [0.2, 0.25) is 0 Å². The number of piperidine rings is 1. The molecule has 1 aromatic rings. The summed E-state index contributed by atoms with van der Waals surface area (Å²) in [5.74, 6) is 0.794. The van der Waals surface area contributed by atoms with Gasteiger partial charge in [-0.3, -0.25) is 0 Å². The van der Waals surface area contributed by atoms with Gasteiger partial charge in [-0.05, 0) is 42.4 Å². The maximum Gasteiger partial charge on any atom is 0.319 e. The maximum atomic E-state index is 12.0. The monoisotopic (exact) mass is 333 g/mol. The maximum absolute atomic E-state index is 12.0. The highest BCUT2D eigenvalue weighted by Crippen LogP contribution is 2.25. The normalized spacial score (nSPS) is 17.5. The Morgan fingerprint density at radius 1 is 1.33 bits per heavy atom. The van der Waals surface area contributed by atoms with E-state index < -0.39 is 6.10 Å². The highest BCUT2D eigenvalue weighted by molar-refractivity contribution is 5.89. The van der Waals surface area contributed by atoms with Crippen molar-refractivity contribution < 1.29 is 9.90 Å². The molecule has 2 amide bonds. The Morgan fingerprint density at radius 3 is 2.62 bits per heavy atom. The molecule has 0 aromatic heterocycles. The number of benzene rings is 1. The number of carbonyl (C=O) groups excluding carboxylic acids is 1. The number of rotatable bonds is 4. The smallest absolute Gasteiger partial charge is 0.319 e. The first-order valence-corrected chi connectivity index (χ1v) is 8.83. The predicted octanol–water partition coefficient (Wildman–Crippen LogP) is 3.45. The lowest BCUT2D eigenvalue weighted by molar-refractivity contribution is 0.0654. The lowest BCUT2D eigenvalue weighted by Crippen LogP contribution is -2.40. The molecule has 1 aliphatic rings. The van der Waals surface area contributed by atoms with Crippen LogP contribution in [0.2, 0.25) is 0 Å². The van der Waals surface area contributed by atoms with E-state index in [1.165, 1.54) is 12.8 Å². The third kappa shape index (κ3) is 5.41. The number of hydrogen-bond donors (Lipinski definition) is 3. The lowest BCUT2D eigenvalue weighted by atomic mass is 9.89. The molecule has 5 nitrogen and oxygen atoms in total. The van der Waals surface area contributed by atoms with E-state index in [1.54, 1.807) is 0 Å². The summed E-state index contributed by atoms with van der Waals surface area (Å²) in [6.45, 7) is 10.5. The minimum atomic E-state index is -0.579. The molecule has 0 aliphatic carbocycles. The van der Waals surface area contributed by atoms with Gasteiger partial charge >= 0.3 is 6.03 Å². The molecule has 1 unspecified atom stereocenters. The van der Waals surface area contributed by atoms with E-state index >= 15 is 0 Å². The fraction of sp³-hybridized carbons (Fsp3) is 0.632. The lowest BCUT2D eigenvalue weighted by Gasteiger charge is -2.32. The summed E-state index contributed by atoms with van der Waals surface area (Å²) in [7, 11) is 0. The average Bonchev–Trinajstić information content (AvgIpc) is 2.52. The summed E-state index contributed by atoms with van der Waals surface area (Å²) in [5, 5.41) is 15.6. The molecule has 1 aliphatic heterocycles. The van der Waals surface area contributed by atoms with Crippen molar-refractivity contribution in [3.8, 4) is 0 Å². The van der Waals surface area contributed by atoms with Crippen molar-refractivity contribution >= 4 is 17.4 Å². The summed E-state index contributed by atoms with van der Waals surface area (Å²) in [4.78, 5) is 14.4. The first-order chi connectivity index (χ1) is 11.3. The Kier molecular flexibility index (Phi) is 6.10. The van der Waals surface area contributed by atoms with Gasteiger partial charge < -0.3 is 20.6 Å². The van der Waals surface area contributed by atoms with E-state index in [-0.39, 0.29) is 18.0 Å². The summed E-state index contributed by atoms with van der Waals surface area (Å²) in [6.07, 6.45) is 1.84. The molecule has 2 rings (SSSR count). The van der Waals surface area contributed by atoms with Crippen molar-refractivity contribution in [2.45, 2.75) is 46.6 Å². The number of anilines is 2. The zero-order chi connectivity index (χ0) is 17.7. The van der Waals surface area contributed by atoms with Gasteiger partial charge in [-0.25, -0.2) is 4.79 Å². The predicted molar refractivity (Wildman–Crippen MR) is 99.5 cm³/mol. The van der Waals surface area contributed by atoms with Crippen LogP contribution in [0.25, 0.3) is 0 Å². The van der Waals surface area contributed by atoms with Gasteiger partial charge in [0.05, 0.1) is 6.10 Å². The van der Waals surface area contributed by atoms with E-state index in [9.17, 15) is 9.90 Å². The van der Waals surface area contributed by atoms with Crippen LogP contribution < -0.4 is 15.5 Å². The minimum Gasteiger partial charge on any atom is -0.391 e. The van der Waals surface area contributed by atoms with E-state index in [4.69, 9.17) is 0 Å². The second-order valence-corrected chi connectivity index (χ2v) is 7.94. The van der Waals surface area contributed by atoms with E-state index in [2.05, 4.69) is 28.5 Å². The third-order valence-corrected chi connectivity index (χ3v) is 4.71. The number of nitrogens with one attached hydrogen (secondary N) is 2. The number of carbonyl (C=O) groups is 1. The van der Waals surface area contributed by atoms with Crippen LogP contribution in [-0.4, -0.2) is 36.9 Å². The average molecular weight is 333 g/mol. The van der Waals surface area contributed by atoms with Gasteiger partial charge in [0, 0.05) is 31.0 Å². The quantitative estimate of drug-likeness (QED) is 0.791. The van der Waals surface area contributed by atoms with Crippen LogP contribution in [0.1, 0.15) is 40.5 Å². The molecule has 134 valence electrons. The van der Waals surface area contributed by atoms with Crippen LogP contribution in [0.5, 0.6) is 0 Å².